The summed E-state index contributed by atoms with van der Waals surface area (Å²) in [6, 6.07) is 1.86. The van der Waals surface area contributed by atoms with E-state index in [0.717, 1.165) is 12.4 Å². The highest BCUT2D eigenvalue weighted by molar-refractivity contribution is 5.37. The number of nitrogens with one attached hydrogen (secondary N) is 1. The molecule has 17 heavy (non-hydrogen) atoms. The van der Waals surface area contributed by atoms with Gasteiger partial charge in [0.2, 0.25) is 5.95 Å². The first-order valence-corrected chi connectivity index (χ1v) is 6.12. The molecule has 0 aliphatic heterocycles. The Hall–Kier alpha value is -1.36. The van der Waals surface area contributed by atoms with Crippen LogP contribution < -0.4 is 11.1 Å². The summed E-state index contributed by atoms with van der Waals surface area (Å²) in [6.07, 6.45) is 6.79. The third-order valence-electron chi connectivity index (χ3n) is 3.76. The van der Waals surface area contributed by atoms with Crippen molar-refractivity contribution in [2.75, 3.05) is 31.7 Å². The molecular formula is C12H21N5. The lowest BCUT2D eigenvalue weighted by Gasteiger charge is -2.36. The lowest BCUT2D eigenvalue weighted by molar-refractivity contribution is 0.172. The molecule has 0 aromatic carbocycles. The smallest absolute Gasteiger partial charge is 0.221 e. The number of anilines is 2. The van der Waals surface area contributed by atoms with Gasteiger partial charge < -0.3 is 16.0 Å². The van der Waals surface area contributed by atoms with E-state index < -0.39 is 0 Å². The van der Waals surface area contributed by atoms with Crippen LogP contribution in [0.2, 0.25) is 0 Å². The molecule has 0 spiro atoms. The quantitative estimate of drug-likeness (QED) is 0.824. The second-order valence-corrected chi connectivity index (χ2v) is 4.98. The van der Waals surface area contributed by atoms with Crippen molar-refractivity contribution in [3.63, 3.8) is 0 Å². The summed E-state index contributed by atoms with van der Waals surface area (Å²) in [7, 11) is 4.31. The Morgan fingerprint density at radius 1 is 1.41 bits per heavy atom. The Morgan fingerprint density at radius 3 is 2.71 bits per heavy atom. The molecule has 5 nitrogen and oxygen atoms in total. The van der Waals surface area contributed by atoms with Crippen LogP contribution >= 0.6 is 0 Å². The van der Waals surface area contributed by atoms with Gasteiger partial charge in [-0.05, 0) is 33.0 Å². The fraction of sp³-hybridized carbons (Fsp3) is 0.667. The number of rotatable bonds is 4. The minimum atomic E-state index is 0.264. The summed E-state index contributed by atoms with van der Waals surface area (Å²) in [5.74, 6) is 1.13. The van der Waals surface area contributed by atoms with Gasteiger partial charge in [0.05, 0.1) is 0 Å². The minimum Gasteiger partial charge on any atom is -0.368 e. The topological polar surface area (TPSA) is 67.1 Å². The molecule has 0 saturated heterocycles. The first-order chi connectivity index (χ1) is 8.12. The molecule has 0 atom stereocenters. The van der Waals surface area contributed by atoms with Gasteiger partial charge in [0.1, 0.15) is 5.82 Å². The molecule has 1 aliphatic carbocycles. The zero-order valence-electron chi connectivity index (χ0n) is 10.6. The maximum Gasteiger partial charge on any atom is 0.221 e. The second-order valence-electron chi connectivity index (χ2n) is 4.98. The van der Waals surface area contributed by atoms with E-state index in [2.05, 4.69) is 34.3 Å². The summed E-state index contributed by atoms with van der Waals surface area (Å²) < 4.78 is 0. The summed E-state index contributed by atoms with van der Waals surface area (Å²) >= 11 is 0. The minimum absolute atomic E-state index is 0.264. The van der Waals surface area contributed by atoms with E-state index in [0.29, 0.717) is 5.95 Å². The molecule has 1 heterocycles. The molecule has 3 N–H and O–H groups in total. The van der Waals surface area contributed by atoms with Crippen LogP contribution in [-0.2, 0) is 0 Å². The van der Waals surface area contributed by atoms with Crippen molar-refractivity contribution in [2.45, 2.75) is 31.2 Å². The zero-order valence-corrected chi connectivity index (χ0v) is 10.6. The van der Waals surface area contributed by atoms with E-state index in [1.807, 2.05) is 6.07 Å². The monoisotopic (exact) mass is 235 g/mol. The van der Waals surface area contributed by atoms with Crippen LogP contribution in [0.3, 0.4) is 0 Å². The maximum absolute atomic E-state index is 5.56. The lowest BCUT2D eigenvalue weighted by Crippen LogP contribution is -2.47. The standard InChI is InChI=1S/C12H21N5/c1-17(2)12(6-3-4-7-12)9-15-10-5-8-14-11(13)16-10/h5,8H,3-4,6-7,9H2,1-2H3,(H3,13,14,15,16). The molecule has 94 valence electrons. The van der Waals surface area contributed by atoms with Crippen molar-refractivity contribution >= 4 is 11.8 Å². The SMILES string of the molecule is CN(C)C1(CNc2ccnc(N)n2)CCCC1. The predicted octanol–water partition coefficient (Wildman–Crippen LogP) is 1.35. The molecule has 1 aliphatic rings. The highest BCUT2D eigenvalue weighted by atomic mass is 15.2. The van der Waals surface area contributed by atoms with Gasteiger partial charge in [-0.3, -0.25) is 0 Å². The molecule has 0 unspecified atom stereocenters. The lowest BCUT2D eigenvalue weighted by atomic mass is 9.96. The molecule has 2 rings (SSSR count). The van der Waals surface area contributed by atoms with Crippen LogP contribution in [0.4, 0.5) is 11.8 Å². The van der Waals surface area contributed by atoms with Crippen LogP contribution in [0.1, 0.15) is 25.7 Å². The van der Waals surface area contributed by atoms with Crippen LogP contribution in [0, 0.1) is 0 Å². The van der Waals surface area contributed by atoms with Gasteiger partial charge >= 0.3 is 0 Å². The number of nitrogen functional groups attached to an aromatic ring is 1. The third kappa shape index (κ3) is 2.66. The average Bonchev–Trinajstić information content (AvgIpc) is 2.76. The van der Waals surface area contributed by atoms with Crippen molar-refractivity contribution in [3.8, 4) is 0 Å². The van der Waals surface area contributed by atoms with Gasteiger partial charge in [0, 0.05) is 18.3 Å². The van der Waals surface area contributed by atoms with Crippen molar-refractivity contribution < 1.29 is 0 Å². The highest BCUT2D eigenvalue weighted by Crippen LogP contribution is 2.33. The summed E-state index contributed by atoms with van der Waals surface area (Å²) in [4.78, 5) is 10.4. The van der Waals surface area contributed by atoms with Gasteiger partial charge in [-0.15, -0.1) is 0 Å². The van der Waals surface area contributed by atoms with E-state index in [1.54, 1.807) is 6.20 Å². The molecule has 0 bridgehead atoms. The molecule has 0 amide bonds. The summed E-state index contributed by atoms with van der Waals surface area (Å²) in [5.41, 5.74) is 5.83. The van der Waals surface area contributed by atoms with Crippen LogP contribution in [0.5, 0.6) is 0 Å². The normalized spacial score (nSPS) is 18.5. The number of aromatic nitrogens is 2. The van der Waals surface area contributed by atoms with Crippen molar-refractivity contribution in [3.05, 3.63) is 12.3 Å². The predicted molar refractivity (Wildman–Crippen MR) is 69.8 cm³/mol. The summed E-state index contributed by atoms with van der Waals surface area (Å²) in [5, 5.41) is 3.38. The maximum atomic E-state index is 5.56. The first kappa shape index (κ1) is 12.1. The second kappa shape index (κ2) is 4.87. The molecule has 1 aromatic rings. The third-order valence-corrected chi connectivity index (χ3v) is 3.76. The number of nitrogens with two attached hydrogens (primary N) is 1. The molecule has 0 radical (unpaired) electrons. The molecular weight excluding hydrogens is 214 g/mol. The van der Waals surface area contributed by atoms with Gasteiger partial charge in [-0.25, -0.2) is 4.98 Å². The largest absolute Gasteiger partial charge is 0.368 e. The van der Waals surface area contributed by atoms with Crippen molar-refractivity contribution in [2.24, 2.45) is 0 Å². The Kier molecular flexibility index (Phi) is 3.47. The molecule has 1 fully saturated rings. The average molecular weight is 235 g/mol. The van der Waals surface area contributed by atoms with Gasteiger partial charge in [0.25, 0.3) is 0 Å². The molecule has 1 aromatic heterocycles. The van der Waals surface area contributed by atoms with Crippen LogP contribution in [0.25, 0.3) is 0 Å². The van der Waals surface area contributed by atoms with E-state index in [9.17, 15) is 0 Å². The first-order valence-electron chi connectivity index (χ1n) is 6.12. The van der Waals surface area contributed by atoms with E-state index in [-0.39, 0.29) is 5.54 Å². The summed E-state index contributed by atoms with van der Waals surface area (Å²) in [6.45, 7) is 0.913. The number of hydrogen-bond acceptors (Lipinski definition) is 5. The van der Waals surface area contributed by atoms with Crippen LogP contribution in [0.15, 0.2) is 12.3 Å². The Bertz CT molecular complexity index is 371. The molecule has 5 heteroatoms. The van der Waals surface area contributed by atoms with E-state index in [4.69, 9.17) is 5.73 Å². The Labute approximate surface area is 102 Å². The number of likely N-dealkylation sites (N-methyl/N-ethyl adjacent to an activating group) is 1. The van der Waals surface area contributed by atoms with E-state index >= 15 is 0 Å². The van der Waals surface area contributed by atoms with E-state index in [1.165, 1.54) is 25.7 Å². The van der Waals surface area contributed by atoms with Gasteiger partial charge in [-0.1, -0.05) is 12.8 Å². The fourth-order valence-electron chi connectivity index (χ4n) is 2.54. The zero-order chi connectivity index (χ0) is 12.3. The molecule has 1 saturated carbocycles. The van der Waals surface area contributed by atoms with Gasteiger partial charge in [-0.2, -0.15) is 4.98 Å². The van der Waals surface area contributed by atoms with Crippen molar-refractivity contribution in [1.29, 1.82) is 0 Å². The van der Waals surface area contributed by atoms with Crippen molar-refractivity contribution in [1.82, 2.24) is 14.9 Å². The number of hydrogen-bond donors (Lipinski definition) is 2. The fourth-order valence-corrected chi connectivity index (χ4v) is 2.54. The Morgan fingerprint density at radius 2 is 2.12 bits per heavy atom. The number of nitrogens with zero attached hydrogens (tertiary/aromatic N) is 3. The Balaban J connectivity index is 2.01. The van der Waals surface area contributed by atoms with Gasteiger partial charge in [0.15, 0.2) is 0 Å². The highest BCUT2D eigenvalue weighted by Gasteiger charge is 2.35. The van der Waals surface area contributed by atoms with Crippen LogP contribution in [-0.4, -0.2) is 41.0 Å².